The van der Waals surface area contributed by atoms with Gasteiger partial charge < -0.3 is 24.8 Å². The summed E-state index contributed by atoms with van der Waals surface area (Å²) >= 11 is 0. The van der Waals surface area contributed by atoms with Gasteiger partial charge in [-0.15, -0.1) is 0 Å². The van der Waals surface area contributed by atoms with Gasteiger partial charge >= 0.3 is 0 Å². The molecule has 2 rings (SSSR count). The van der Waals surface area contributed by atoms with Crippen molar-refractivity contribution in [2.24, 2.45) is 0 Å². The average Bonchev–Trinajstić information content (AvgIpc) is 2.65. The van der Waals surface area contributed by atoms with Crippen molar-refractivity contribution in [1.82, 2.24) is 0 Å². The summed E-state index contributed by atoms with van der Waals surface area (Å²) in [5.74, 6) is 0. The van der Waals surface area contributed by atoms with E-state index in [-0.39, 0.29) is 19.8 Å². The maximum Gasteiger partial charge on any atom is 0.114 e. The Hall–Kier alpha value is -1.76. The summed E-state index contributed by atoms with van der Waals surface area (Å²) in [5.41, 5.74) is 1.89. The molecule has 0 radical (unpaired) electrons. The molecule has 0 spiro atoms. The van der Waals surface area contributed by atoms with Crippen LogP contribution in [0.15, 0.2) is 60.7 Å². The number of benzene rings is 2. The molecule has 2 aromatic carbocycles. The van der Waals surface area contributed by atoms with Crippen LogP contribution in [-0.2, 0) is 22.7 Å². The fourth-order valence-electron chi connectivity index (χ4n) is 2.37. The highest BCUT2D eigenvalue weighted by molar-refractivity contribution is 5.14. The minimum absolute atomic E-state index is 0.258. The molecule has 5 heteroatoms. The van der Waals surface area contributed by atoms with Gasteiger partial charge in [0.2, 0.25) is 0 Å². The molecule has 0 aliphatic carbocycles. The largest absolute Gasteiger partial charge is 0.394 e. The zero-order valence-corrected chi connectivity index (χ0v) is 13.5. The zero-order valence-electron chi connectivity index (χ0n) is 13.5. The van der Waals surface area contributed by atoms with Crippen molar-refractivity contribution in [3.63, 3.8) is 0 Å². The van der Waals surface area contributed by atoms with Crippen LogP contribution in [0.3, 0.4) is 0 Å². The van der Waals surface area contributed by atoms with E-state index in [2.05, 4.69) is 0 Å². The van der Waals surface area contributed by atoms with Gasteiger partial charge in [-0.05, 0) is 11.1 Å². The molecule has 3 N–H and O–H groups in total. The lowest BCUT2D eigenvalue weighted by Gasteiger charge is -2.29. The fraction of sp³-hybridized carbons (Fsp3) is 0.368. The lowest BCUT2D eigenvalue weighted by Crippen LogP contribution is -2.45. The van der Waals surface area contributed by atoms with E-state index in [1.807, 2.05) is 60.7 Å². The molecule has 0 unspecified atom stereocenters. The number of aliphatic hydroxyl groups is 3. The van der Waals surface area contributed by atoms with E-state index in [1.165, 1.54) is 0 Å². The van der Waals surface area contributed by atoms with Crippen molar-refractivity contribution < 1.29 is 24.8 Å². The van der Waals surface area contributed by atoms with Crippen molar-refractivity contribution >= 4 is 0 Å². The Bertz CT molecular complexity index is 560. The maximum absolute atomic E-state index is 10.0. The normalized spacial score (nSPS) is 15.0. The van der Waals surface area contributed by atoms with Gasteiger partial charge in [-0.3, -0.25) is 0 Å². The van der Waals surface area contributed by atoms with Crippen molar-refractivity contribution in [3.8, 4) is 0 Å². The maximum atomic E-state index is 10.0. The smallest absolute Gasteiger partial charge is 0.114 e. The number of hydrogen-bond donors (Lipinski definition) is 3. The predicted molar refractivity (Wildman–Crippen MR) is 90.2 cm³/mol. The fourth-order valence-corrected chi connectivity index (χ4v) is 2.37. The van der Waals surface area contributed by atoms with Crippen molar-refractivity contribution in [2.45, 2.75) is 31.5 Å². The molecule has 0 bridgehead atoms. The van der Waals surface area contributed by atoms with Crippen LogP contribution >= 0.6 is 0 Å². The third kappa shape index (κ3) is 5.70. The van der Waals surface area contributed by atoms with E-state index in [4.69, 9.17) is 9.47 Å². The van der Waals surface area contributed by atoms with Gasteiger partial charge in [0, 0.05) is 0 Å². The molecule has 0 saturated carbocycles. The van der Waals surface area contributed by atoms with E-state index in [0.717, 1.165) is 11.1 Å². The first kappa shape index (κ1) is 18.6. The first-order chi connectivity index (χ1) is 11.7. The van der Waals surface area contributed by atoms with E-state index < -0.39 is 24.9 Å². The van der Waals surface area contributed by atoms with Gasteiger partial charge in [0.05, 0.1) is 26.4 Å². The minimum atomic E-state index is -1.14. The molecule has 130 valence electrons. The Morgan fingerprint density at radius 2 is 1.21 bits per heavy atom. The van der Waals surface area contributed by atoms with Crippen LogP contribution in [-0.4, -0.2) is 46.8 Å². The highest BCUT2D eigenvalue weighted by atomic mass is 16.6. The summed E-state index contributed by atoms with van der Waals surface area (Å²) in [7, 11) is 0. The summed E-state index contributed by atoms with van der Waals surface area (Å²) < 4.78 is 11.4. The van der Waals surface area contributed by atoms with E-state index in [9.17, 15) is 15.3 Å². The molecule has 0 heterocycles. The number of rotatable bonds is 10. The summed E-state index contributed by atoms with van der Waals surface area (Å²) in [6, 6.07) is 19.0. The van der Waals surface area contributed by atoms with Crippen LogP contribution in [0.1, 0.15) is 11.1 Å². The molecule has 0 aliphatic rings. The Kier molecular flexibility index (Phi) is 7.88. The van der Waals surface area contributed by atoms with Crippen LogP contribution < -0.4 is 0 Å². The first-order valence-electron chi connectivity index (χ1n) is 7.95. The Morgan fingerprint density at radius 3 is 1.67 bits per heavy atom. The molecule has 24 heavy (non-hydrogen) atoms. The van der Waals surface area contributed by atoms with Gasteiger partial charge in [-0.1, -0.05) is 60.7 Å². The lowest BCUT2D eigenvalue weighted by molar-refractivity contribution is -0.152. The second-order valence-corrected chi connectivity index (χ2v) is 5.53. The third-order valence-electron chi connectivity index (χ3n) is 3.70. The second-order valence-electron chi connectivity index (χ2n) is 5.53. The summed E-state index contributed by atoms with van der Waals surface area (Å²) in [6.07, 6.45) is -2.71. The van der Waals surface area contributed by atoms with Crippen molar-refractivity contribution in [3.05, 3.63) is 71.8 Å². The monoisotopic (exact) mass is 332 g/mol. The molecule has 5 nitrogen and oxygen atoms in total. The van der Waals surface area contributed by atoms with E-state index in [1.54, 1.807) is 0 Å². The molecule has 3 atom stereocenters. The van der Waals surface area contributed by atoms with Gasteiger partial charge in [0.25, 0.3) is 0 Å². The van der Waals surface area contributed by atoms with Crippen molar-refractivity contribution in [1.29, 1.82) is 0 Å². The molecule has 0 saturated heterocycles. The van der Waals surface area contributed by atoms with Crippen LogP contribution in [0, 0.1) is 0 Å². The molecule has 0 aliphatic heterocycles. The van der Waals surface area contributed by atoms with Crippen LogP contribution in [0.2, 0.25) is 0 Å². The molecule has 0 amide bonds. The quantitative estimate of drug-likeness (QED) is 0.614. The highest BCUT2D eigenvalue weighted by Crippen LogP contribution is 2.14. The van der Waals surface area contributed by atoms with Crippen LogP contribution in [0.4, 0.5) is 0 Å². The Labute approximate surface area is 142 Å². The topological polar surface area (TPSA) is 79.2 Å². The van der Waals surface area contributed by atoms with E-state index in [0.29, 0.717) is 0 Å². The highest BCUT2D eigenvalue weighted by Gasteiger charge is 2.29. The molecular weight excluding hydrogens is 308 g/mol. The third-order valence-corrected chi connectivity index (χ3v) is 3.70. The average molecular weight is 332 g/mol. The van der Waals surface area contributed by atoms with Crippen molar-refractivity contribution in [2.75, 3.05) is 13.2 Å². The minimum Gasteiger partial charge on any atom is -0.394 e. The number of aliphatic hydroxyl groups excluding tert-OH is 3. The van der Waals surface area contributed by atoms with Crippen LogP contribution in [0.25, 0.3) is 0 Å². The second kappa shape index (κ2) is 10.2. The zero-order chi connectivity index (χ0) is 17.2. The summed E-state index contributed by atoms with van der Waals surface area (Å²) in [6.45, 7) is -0.239. The lowest BCUT2D eigenvalue weighted by atomic mass is 10.1. The molecule has 0 fully saturated rings. The summed E-state index contributed by atoms with van der Waals surface area (Å²) in [4.78, 5) is 0. The Morgan fingerprint density at radius 1 is 0.708 bits per heavy atom. The molecule has 0 aromatic heterocycles. The number of ether oxygens (including phenoxy) is 2. The first-order valence-corrected chi connectivity index (χ1v) is 7.95. The number of hydrogen-bond acceptors (Lipinski definition) is 5. The standard InChI is InChI=1S/C19H24O5/c20-11-17(22)19(24-14-16-9-5-2-6-10-16)18(12-21)23-13-15-7-3-1-4-8-15/h1-10,17-22H,11-14H2/t17-,18+,19-/m1/s1. The van der Waals surface area contributed by atoms with Crippen LogP contribution in [0.5, 0.6) is 0 Å². The predicted octanol–water partition coefficient (Wildman–Crippen LogP) is 1.50. The SMILES string of the molecule is OC[C@@H](O)[C@@H](OCc1ccccc1)[C@H](CO)OCc1ccccc1. The van der Waals surface area contributed by atoms with Gasteiger partial charge in [0.15, 0.2) is 0 Å². The van der Waals surface area contributed by atoms with Gasteiger partial charge in [-0.25, -0.2) is 0 Å². The Balaban J connectivity index is 1.97. The van der Waals surface area contributed by atoms with Gasteiger partial charge in [-0.2, -0.15) is 0 Å². The van der Waals surface area contributed by atoms with E-state index >= 15 is 0 Å². The molecule has 2 aromatic rings. The van der Waals surface area contributed by atoms with Gasteiger partial charge in [0.1, 0.15) is 18.3 Å². The summed E-state index contributed by atoms with van der Waals surface area (Å²) in [5, 5.41) is 28.9. The molecular formula is C19H24O5.